The number of aromatic nitrogens is 4. The third kappa shape index (κ3) is 2.58. The van der Waals surface area contributed by atoms with Crippen molar-refractivity contribution in [2.24, 2.45) is 10.8 Å². The van der Waals surface area contributed by atoms with Gasteiger partial charge in [0.1, 0.15) is 16.9 Å². The SMILES string of the molecule is NC1(c2ncccn2)CN(c2c(F)cccc2F)N=C1c1ncccn1. The zero-order valence-electron chi connectivity index (χ0n) is 13.4. The Kier molecular flexibility index (Phi) is 3.85. The average molecular weight is 353 g/mol. The molecule has 3 heterocycles. The number of halogens is 2. The summed E-state index contributed by atoms with van der Waals surface area (Å²) < 4.78 is 28.5. The highest BCUT2D eigenvalue weighted by atomic mass is 19.1. The van der Waals surface area contributed by atoms with Crippen molar-refractivity contribution in [1.82, 2.24) is 19.9 Å². The van der Waals surface area contributed by atoms with Crippen LogP contribution in [-0.4, -0.2) is 32.2 Å². The van der Waals surface area contributed by atoms with E-state index in [0.29, 0.717) is 0 Å². The van der Waals surface area contributed by atoms with Gasteiger partial charge in [-0.3, -0.25) is 5.01 Å². The molecule has 1 unspecified atom stereocenters. The van der Waals surface area contributed by atoms with E-state index in [1.165, 1.54) is 30.9 Å². The maximum Gasteiger partial charge on any atom is 0.178 e. The molecule has 1 aliphatic rings. The van der Waals surface area contributed by atoms with Crippen molar-refractivity contribution in [3.8, 4) is 0 Å². The monoisotopic (exact) mass is 353 g/mol. The highest BCUT2D eigenvalue weighted by Crippen LogP contribution is 2.33. The van der Waals surface area contributed by atoms with Crippen LogP contribution in [0.5, 0.6) is 0 Å². The van der Waals surface area contributed by atoms with Crippen molar-refractivity contribution >= 4 is 11.4 Å². The zero-order valence-corrected chi connectivity index (χ0v) is 13.4. The molecule has 130 valence electrons. The van der Waals surface area contributed by atoms with Crippen molar-refractivity contribution < 1.29 is 8.78 Å². The van der Waals surface area contributed by atoms with Crippen molar-refractivity contribution in [2.75, 3.05) is 11.6 Å². The van der Waals surface area contributed by atoms with Crippen LogP contribution in [0.25, 0.3) is 0 Å². The van der Waals surface area contributed by atoms with E-state index in [2.05, 4.69) is 25.0 Å². The molecule has 1 aromatic carbocycles. The van der Waals surface area contributed by atoms with Gasteiger partial charge in [0.05, 0.1) is 6.54 Å². The van der Waals surface area contributed by atoms with Gasteiger partial charge in [0.25, 0.3) is 0 Å². The quantitative estimate of drug-likeness (QED) is 0.769. The standard InChI is InChI=1S/C17H13F2N7/c18-11-4-1-5-12(19)13(11)26-10-17(20,16-23-8-3-9-24-16)14(25-26)15-21-6-2-7-22-15/h1-9H,10,20H2. The predicted molar refractivity (Wildman–Crippen MR) is 90.2 cm³/mol. The number of hydrogen-bond donors (Lipinski definition) is 1. The van der Waals surface area contributed by atoms with Gasteiger partial charge in [0, 0.05) is 24.8 Å². The number of anilines is 1. The van der Waals surface area contributed by atoms with Crippen molar-refractivity contribution in [3.05, 3.63) is 78.4 Å². The minimum Gasteiger partial charge on any atom is -0.312 e. The minimum atomic E-state index is -1.34. The number of benzene rings is 1. The van der Waals surface area contributed by atoms with Gasteiger partial charge in [-0.2, -0.15) is 5.10 Å². The third-order valence-electron chi connectivity index (χ3n) is 3.98. The van der Waals surface area contributed by atoms with E-state index >= 15 is 0 Å². The summed E-state index contributed by atoms with van der Waals surface area (Å²) in [6.45, 7) is -0.0670. The molecule has 0 aliphatic carbocycles. The van der Waals surface area contributed by atoms with Crippen LogP contribution in [0.15, 0.2) is 60.2 Å². The Hall–Kier alpha value is -3.33. The fraction of sp³-hybridized carbons (Fsp3) is 0.118. The van der Waals surface area contributed by atoms with Gasteiger partial charge in [-0.1, -0.05) is 6.07 Å². The molecule has 1 aliphatic heterocycles. The topological polar surface area (TPSA) is 93.2 Å². The average Bonchev–Trinajstić information content (AvgIpc) is 3.01. The number of para-hydroxylation sites is 1. The molecule has 0 radical (unpaired) electrons. The maximum atomic E-state index is 14.2. The van der Waals surface area contributed by atoms with Crippen LogP contribution in [0.3, 0.4) is 0 Å². The van der Waals surface area contributed by atoms with E-state index in [1.54, 1.807) is 12.1 Å². The highest BCUT2D eigenvalue weighted by Gasteiger charge is 2.46. The molecule has 2 N–H and O–H groups in total. The molecule has 4 rings (SSSR count). The van der Waals surface area contributed by atoms with Crippen molar-refractivity contribution in [2.45, 2.75) is 5.54 Å². The third-order valence-corrected chi connectivity index (χ3v) is 3.98. The van der Waals surface area contributed by atoms with Crippen LogP contribution in [0, 0.1) is 11.6 Å². The summed E-state index contributed by atoms with van der Waals surface area (Å²) in [5.41, 5.74) is 5.15. The molecule has 9 heteroatoms. The predicted octanol–water partition coefficient (Wildman–Crippen LogP) is 1.62. The van der Waals surface area contributed by atoms with Crippen LogP contribution in [0.4, 0.5) is 14.5 Å². The first kappa shape index (κ1) is 16.2. The Bertz CT molecular complexity index is 945. The summed E-state index contributed by atoms with van der Waals surface area (Å²) >= 11 is 0. The number of nitrogens with two attached hydrogens (primary N) is 1. The van der Waals surface area contributed by atoms with Crippen molar-refractivity contribution in [3.63, 3.8) is 0 Å². The van der Waals surface area contributed by atoms with Gasteiger partial charge in [-0.25, -0.2) is 28.7 Å². The Morgan fingerprint density at radius 1 is 0.885 bits per heavy atom. The first-order valence-electron chi connectivity index (χ1n) is 7.74. The van der Waals surface area contributed by atoms with E-state index in [-0.39, 0.29) is 29.6 Å². The maximum absolute atomic E-state index is 14.2. The van der Waals surface area contributed by atoms with Gasteiger partial charge in [-0.15, -0.1) is 0 Å². The summed E-state index contributed by atoms with van der Waals surface area (Å²) in [6.07, 6.45) is 6.13. The number of nitrogens with zero attached hydrogens (tertiary/aromatic N) is 6. The molecule has 0 spiro atoms. The molecule has 1 atom stereocenters. The van der Waals surface area contributed by atoms with Crippen LogP contribution in [0.2, 0.25) is 0 Å². The lowest BCUT2D eigenvalue weighted by Crippen LogP contribution is -2.49. The second kappa shape index (κ2) is 6.19. The summed E-state index contributed by atoms with van der Waals surface area (Å²) in [6, 6.07) is 6.88. The fourth-order valence-electron chi connectivity index (χ4n) is 2.79. The second-order valence-corrected chi connectivity index (χ2v) is 5.69. The molecule has 0 saturated carbocycles. The summed E-state index contributed by atoms with van der Waals surface area (Å²) in [5.74, 6) is -1.01. The largest absolute Gasteiger partial charge is 0.312 e. The van der Waals surface area contributed by atoms with E-state index in [1.807, 2.05) is 0 Å². The molecule has 2 aromatic heterocycles. The Morgan fingerprint density at radius 2 is 1.46 bits per heavy atom. The molecule has 26 heavy (non-hydrogen) atoms. The van der Waals surface area contributed by atoms with E-state index in [4.69, 9.17) is 5.73 Å². The summed E-state index contributed by atoms with van der Waals surface area (Å²) in [7, 11) is 0. The molecule has 3 aromatic rings. The van der Waals surface area contributed by atoms with Crippen LogP contribution in [-0.2, 0) is 5.54 Å². The summed E-state index contributed by atoms with van der Waals surface area (Å²) in [4.78, 5) is 16.7. The number of hydrazone groups is 1. The van der Waals surface area contributed by atoms with E-state index < -0.39 is 17.2 Å². The van der Waals surface area contributed by atoms with Gasteiger partial charge in [0.2, 0.25) is 0 Å². The molecule has 0 saturated heterocycles. The van der Waals surface area contributed by atoms with Crippen LogP contribution < -0.4 is 10.7 Å². The van der Waals surface area contributed by atoms with E-state index in [9.17, 15) is 8.78 Å². The van der Waals surface area contributed by atoms with Gasteiger partial charge >= 0.3 is 0 Å². The molecular weight excluding hydrogens is 340 g/mol. The van der Waals surface area contributed by atoms with E-state index in [0.717, 1.165) is 17.1 Å². The van der Waals surface area contributed by atoms with Crippen LogP contribution in [0.1, 0.15) is 11.6 Å². The molecule has 0 fully saturated rings. The van der Waals surface area contributed by atoms with Crippen LogP contribution >= 0.6 is 0 Å². The van der Waals surface area contributed by atoms with Gasteiger partial charge in [-0.05, 0) is 24.3 Å². The fourth-order valence-corrected chi connectivity index (χ4v) is 2.79. The molecule has 0 amide bonds. The highest BCUT2D eigenvalue weighted by molar-refractivity contribution is 6.07. The second-order valence-electron chi connectivity index (χ2n) is 5.69. The van der Waals surface area contributed by atoms with Gasteiger partial charge < -0.3 is 5.73 Å². The Morgan fingerprint density at radius 3 is 2.08 bits per heavy atom. The molecular formula is C17H13F2N7. The van der Waals surface area contributed by atoms with Crippen molar-refractivity contribution in [1.29, 1.82) is 0 Å². The number of hydrogen-bond acceptors (Lipinski definition) is 7. The lowest BCUT2D eigenvalue weighted by Gasteiger charge is -2.24. The lowest BCUT2D eigenvalue weighted by atomic mass is 9.93. The molecule has 0 bridgehead atoms. The smallest absolute Gasteiger partial charge is 0.178 e. The Balaban J connectivity index is 1.87. The first-order chi connectivity index (χ1) is 12.6. The normalized spacial score (nSPS) is 19.5. The lowest BCUT2D eigenvalue weighted by molar-refractivity contribution is 0.548. The van der Waals surface area contributed by atoms with Gasteiger partial charge in [0.15, 0.2) is 23.3 Å². The Labute approximate surface area is 147 Å². The summed E-state index contributed by atoms with van der Waals surface area (Å²) in [5, 5.41) is 5.48. The minimum absolute atomic E-state index is 0.0670. The zero-order chi connectivity index (χ0) is 18.1. The first-order valence-corrected chi connectivity index (χ1v) is 7.74. The molecule has 7 nitrogen and oxygen atoms in total. The number of rotatable bonds is 3.